The summed E-state index contributed by atoms with van der Waals surface area (Å²) in [6.45, 7) is 0.613. The molecule has 0 aliphatic carbocycles. The second-order valence-electron chi connectivity index (χ2n) is 4.63. The van der Waals surface area contributed by atoms with Gasteiger partial charge in [0.05, 0.1) is 0 Å². The third-order valence-corrected chi connectivity index (χ3v) is 3.46. The van der Waals surface area contributed by atoms with E-state index in [4.69, 9.17) is 0 Å². The highest BCUT2D eigenvalue weighted by Gasteiger charge is 2.12. The Morgan fingerprint density at radius 1 is 1.20 bits per heavy atom. The van der Waals surface area contributed by atoms with E-state index in [0.717, 1.165) is 6.42 Å². The molecular weight excluding hydrogens is 273 g/mol. The number of hydrogen-bond donors (Lipinski definition) is 1. The fraction of sp³-hybridized carbons (Fsp3) is 0.188. The normalized spacial score (nSPS) is 10.3. The van der Waals surface area contributed by atoms with E-state index in [1.807, 2.05) is 30.3 Å². The van der Waals surface area contributed by atoms with Crippen LogP contribution in [0.25, 0.3) is 0 Å². The van der Waals surface area contributed by atoms with Gasteiger partial charge >= 0.3 is 0 Å². The molecule has 0 bridgehead atoms. The van der Waals surface area contributed by atoms with Crippen molar-refractivity contribution in [3.05, 3.63) is 65.5 Å². The average molecular weight is 289 g/mol. The molecule has 4 heteroatoms. The SMILES string of the molecule is CN(CCc1ccccc1)C(=O)c1ccc(F)c(S)c1. The van der Waals surface area contributed by atoms with Crippen LogP contribution in [-0.2, 0) is 6.42 Å². The van der Waals surface area contributed by atoms with Gasteiger partial charge in [-0.3, -0.25) is 4.79 Å². The maximum Gasteiger partial charge on any atom is 0.253 e. The van der Waals surface area contributed by atoms with E-state index in [9.17, 15) is 9.18 Å². The summed E-state index contributed by atoms with van der Waals surface area (Å²) in [7, 11) is 1.74. The molecule has 0 aromatic heterocycles. The highest BCUT2D eigenvalue weighted by atomic mass is 32.1. The van der Waals surface area contributed by atoms with Gasteiger partial charge in [0.15, 0.2) is 0 Å². The number of likely N-dealkylation sites (N-methyl/N-ethyl adjacent to an activating group) is 1. The molecule has 0 aliphatic rings. The number of carbonyl (C=O) groups excluding carboxylic acids is 1. The fourth-order valence-electron chi connectivity index (χ4n) is 1.91. The predicted molar refractivity (Wildman–Crippen MR) is 80.8 cm³/mol. The summed E-state index contributed by atoms with van der Waals surface area (Å²) in [5, 5.41) is 0. The first kappa shape index (κ1) is 14.6. The van der Waals surface area contributed by atoms with E-state index in [2.05, 4.69) is 12.6 Å². The molecule has 0 unspecified atom stereocenters. The third-order valence-electron chi connectivity index (χ3n) is 3.12. The van der Waals surface area contributed by atoms with E-state index in [1.54, 1.807) is 11.9 Å². The van der Waals surface area contributed by atoms with E-state index in [1.165, 1.54) is 23.8 Å². The molecule has 0 heterocycles. The van der Waals surface area contributed by atoms with Gasteiger partial charge < -0.3 is 4.90 Å². The molecule has 0 spiro atoms. The van der Waals surface area contributed by atoms with Crippen molar-refractivity contribution in [3.8, 4) is 0 Å². The topological polar surface area (TPSA) is 20.3 Å². The zero-order chi connectivity index (χ0) is 14.5. The second-order valence-corrected chi connectivity index (χ2v) is 5.11. The number of halogens is 1. The van der Waals surface area contributed by atoms with E-state index in [0.29, 0.717) is 12.1 Å². The van der Waals surface area contributed by atoms with Crippen LogP contribution in [0.5, 0.6) is 0 Å². The van der Waals surface area contributed by atoms with Crippen molar-refractivity contribution in [2.24, 2.45) is 0 Å². The molecule has 104 valence electrons. The van der Waals surface area contributed by atoms with Crippen molar-refractivity contribution in [1.29, 1.82) is 0 Å². The molecule has 0 saturated carbocycles. The summed E-state index contributed by atoms with van der Waals surface area (Å²) in [5.41, 5.74) is 1.63. The number of amides is 1. The smallest absolute Gasteiger partial charge is 0.253 e. The number of hydrogen-bond acceptors (Lipinski definition) is 2. The van der Waals surface area contributed by atoms with Crippen molar-refractivity contribution in [3.63, 3.8) is 0 Å². The first-order valence-corrected chi connectivity index (χ1v) is 6.80. The van der Waals surface area contributed by atoms with E-state index >= 15 is 0 Å². The highest BCUT2D eigenvalue weighted by molar-refractivity contribution is 7.80. The van der Waals surface area contributed by atoms with Crippen LogP contribution in [0.15, 0.2) is 53.4 Å². The van der Waals surface area contributed by atoms with Crippen molar-refractivity contribution in [1.82, 2.24) is 4.90 Å². The average Bonchev–Trinajstić information content (AvgIpc) is 2.48. The molecular formula is C16H16FNOS. The standard InChI is InChI=1S/C16H16FNOS/c1-18(10-9-12-5-3-2-4-6-12)16(19)13-7-8-14(17)15(20)11-13/h2-8,11,20H,9-10H2,1H3. The first-order valence-electron chi connectivity index (χ1n) is 6.36. The number of benzene rings is 2. The minimum atomic E-state index is -0.420. The Labute approximate surface area is 123 Å². The monoisotopic (exact) mass is 289 g/mol. The summed E-state index contributed by atoms with van der Waals surface area (Å²) in [4.78, 5) is 14.0. The van der Waals surface area contributed by atoms with Crippen LogP contribution in [-0.4, -0.2) is 24.4 Å². The molecule has 0 radical (unpaired) electrons. The zero-order valence-electron chi connectivity index (χ0n) is 11.2. The molecule has 0 fully saturated rings. The highest BCUT2D eigenvalue weighted by Crippen LogP contribution is 2.15. The zero-order valence-corrected chi connectivity index (χ0v) is 12.1. The minimum absolute atomic E-state index is 0.128. The van der Waals surface area contributed by atoms with Crippen LogP contribution in [0.3, 0.4) is 0 Å². The van der Waals surface area contributed by atoms with Crippen LogP contribution in [0, 0.1) is 5.82 Å². The summed E-state index contributed by atoms with van der Waals surface area (Å²) >= 11 is 3.99. The minimum Gasteiger partial charge on any atom is -0.341 e. The Kier molecular flexibility index (Phi) is 4.79. The molecule has 0 N–H and O–H groups in total. The van der Waals surface area contributed by atoms with Crippen molar-refractivity contribution >= 4 is 18.5 Å². The van der Waals surface area contributed by atoms with Crippen LogP contribution in [0.1, 0.15) is 15.9 Å². The van der Waals surface area contributed by atoms with Crippen LogP contribution < -0.4 is 0 Å². The number of nitrogens with zero attached hydrogens (tertiary/aromatic N) is 1. The lowest BCUT2D eigenvalue weighted by molar-refractivity contribution is 0.0796. The van der Waals surface area contributed by atoms with Crippen LogP contribution in [0.2, 0.25) is 0 Å². The lowest BCUT2D eigenvalue weighted by atomic mass is 10.1. The molecule has 20 heavy (non-hydrogen) atoms. The Hall–Kier alpha value is -1.81. The Bertz CT molecular complexity index is 601. The maximum atomic E-state index is 13.1. The molecule has 0 saturated heterocycles. The van der Waals surface area contributed by atoms with Crippen molar-refractivity contribution in [2.75, 3.05) is 13.6 Å². The Morgan fingerprint density at radius 2 is 1.90 bits per heavy atom. The molecule has 0 atom stereocenters. The summed E-state index contributed by atoms with van der Waals surface area (Å²) in [6, 6.07) is 14.2. The number of rotatable bonds is 4. The van der Waals surface area contributed by atoms with Gasteiger partial charge in [0.25, 0.3) is 5.91 Å². The van der Waals surface area contributed by atoms with Crippen LogP contribution in [0.4, 0.5) is 4.39 Å². The summed E-state index contributed by atoms with van der Waals surface area (Å²) < 4.78 is 13.1. The van der Waals surface area contributed by atoms with Gasteiger partial charge in [-0.15, -0.1) is 12.6 Å². The van der Waals surface area contributed by atoms with Crippen LogP contribution >= 0.6 is 12.6 Å². The van der Waals surface area contributed by atoms with Gasteiger partial charge in [0, 0.05) is 24.1 Å². The van der Waals surface area contributed by atoms with Gasteiger partial charge in [0.1, 0.15) is 5.82 Å². The largest absolute Gasteiger partial charge is 0.341 e. The van der Waals surface area contributed by atoms with Crippen molar-refractivity contribution in [2.45, 2.75) is 11.3 Å². The number of carbonyl (C=O) groups is 1. The Morgan fingerprint density at radius 3 is 2.55 bits per heavy atom. The van der Waals surface area contributed by atoms with E-state index < -0.39 is 5.82 Å². The van der Waals surface area contributed by atoms with Gasteiger partial charge in [-0.2, -0.15) is 0 Å². The third kappa shape index (κ3) is 3.61. The van der Waals surface area contributed by atoms with Crippen molar-refractivity contribution < 1.29 is 9.18 Å². The fourth-order valence-corrected chi connectivity index (χ4v) is 2.12. The van der Waals surface area contributed by atoms with Gasteiger partial charge in [-0.1, -0.05) is 30.3 Å². The first-order chi connectivity index (χ1) is 9.58. The summed E-state index contributed by atoms with van der Waals surface area (Å²) in [6.07, 6.45) is 0.790. The maximum absolute atomic E-state index is 13.1. The molecule has 1 amide bonds. The lowest BCUT2D eigenvalue weighted by Gasteiger charge is -2.17. The molecule has 2 aromatic rings. The molecule has 2 nitrogen and oxygen atoms in total. The quantitative estimate of drug-likeness (QED) is 0.855. The van der Waals surface area contributed by atoms with E-state index in [-0.39, 0.29) is 10.8 Å². The van der Waals surface area contributed by atoms with Gasteiger partial charge in [-0.25, -0.2) is 4.39 Å². The molecule has 0 aliphatic heterocycles. The number of thiol groups is 1. The Balaban J connectivity index is 1.99. The summed E-state index contributed by atoms with van der Waals surface area (Å²) in [5.74, 6) is -0.548. The lowest BCUT2D eigenvalue weighted by Crippen LogP contribution is -2.28. The van der Waals surface area contributed by atoms with Gasteiger partial charge in [0.2, 0.25) is 0 Å². The predicted octanol–water partition coefficient (Wildman–Crippen LogP) is 3.43. The second kappa shape index (κ2) is 6.57. The van der Waals surface area contributed by atoms with Gasteiger partial charge in [-0.05, 0) is 30.2 Å². The molecule has 2 rings (SSSR count). The molecule has 2 aromatic carbocycles.